The number of hydrogen-bond acceptors (Lipinski definition) is 5. The Morgan fingerprint density at radius 2 is 2.00 bits per heavy atom. The van der Waals surface area contributed by atoms with Crippen LogP contribution in [-0.2, 0) is 17.6 Å². The average molecular weight is 466 g/mol. The second-order valence-corrected chi connectivity index (χ2v) is 9.17. The molecule has 0 spiro atoms. The number of anilines is 1. The summed E-state index contributed by atoms with van der Waals surface area (Å²) < 4.78 is 11.4. The van der Waals surface area contributed by atoms with E-state index in [-0.39, 0.29) is 5.91 Å². The fraction of sp³-hybridized carbons (Fsp3) is 0.429. The Bertz CT molecular complexity index is 891. The second-order valence-electron chi connectivity index (χ2n) is 7.21. The van der Waals surface area contributed by atoms with Crippen LogP contribution in [0, 0.1) is 5.92 Å². The van der Waals surface area contributed by atoms with Crippen LogP contribution in [0.2, 0.25) is 0 Å². The molecule has 0 saturated heterocycles. The lowest BCUT2D eigenvalue weighted by atomic mass is 9.95. The summed E-state index contributed by atoms with van der Waals surface area (Å²) in [5.41, 5.74) is 2.02. The van der Waals surface area contributed by atoms with Crippen LogP contribution in [0.4, 0.5) is 5.00 Å². The predicted molar refractivity (Wildman–Crippen MR) is 115 cm³/mol. The van der Waals surface area contributed by atoms with Crippen molar-refractivity contribution in [2.45, 2.75) is 39.5 Å². The zero-order valence-corrected chi connectivity index (χ0v) is 18.7. The number of carbonyl (C=O) groups is 2. The van der Waals surface area contributed by atoms with Crippen molar-refractivity contribution in [3.63, 3.8) is 0 Å². The van der Waals surface area contributed by atoms with E-state index in [1.54, 1.807) is 18.2 Å². The van der Waals surface area contributed by atoms with Crippen LogP contribution < -0.4 is 10.1 Å². The van der Waals surface area contributed by atoms with Gasteiger partial charge < -0.3 is 14.8 Å². The summed E-state index contributed by atoms with van der Waals surface area (Å²) in [4.78, 5) is 26.3. The van der Waals surface area contributed by atoms with Crippen LogP contribution in [0.25, 0.3) is 0 Å². The third-order valence-corrected chi connectivity index (χ3v) is 6.38. The number of nitrogens with one attached hydrogen (secondary N) is 1. The van der Waals surface area contributed by atoms with Gasteiger partial charge in [0.1, 0.15) is 10.8 Å². The zero-order chi connectivity index (χ0) is 20.3. The SMILES string of the molecule is COC(=O)c1c(NC(=O)c2ccc(OCC(C)C)c(Br)c2)sc2c1CCCC2. The van der Waals surface area contributed by atoms with Crippen molar-refractivity contribution >= 4 is 44.1 Å². The molecule has 1 N–H and O–H groups in total. The Morgan fingerprint density at radius 1 is 1.25 bits per heavy atom. The molecule has 5 nitrogen and oxygen atoms in total. The van der Waals surface area contributed by atoms with E-state index < -0.39 is 5.97 Å². The van der Waals surface area contributed by atoms with Gasteiger partial charge in [-0.25, -0.2) is 4.79 Å². The molecule has 1 aliphatic carbocycles. The molecule has 28 heavy (non-hydrogen) atoms. The van der Waals surface area contributed by atoms with Gasteiger partial charge >= 0.3 is 5.97 Å². The minimum Gasteiger partial charge on any atom is -0.492 e. The molecule has 0 aliphatic heterocycles. The minimum absolute atomic E-state index is 0.264. The highest BCUT2D eigenvalue weighted by molar-refractivity contribution is 9.10. The van der Waals surface area contributed by atoms with Crippen LogP contribution in [0.1, 0.15) is 57.8 Å². The molecule has 0 bridgehead atoms. The largest absolute Gasteiger partial charge is 0.492 e. The molecule has 0 atom stereocenters. The van der Waals surface area contributed by atoms with Gasteiger partial charge in [-0.15, -0.1) is 11.3 Å². The lowest BCUT2D eigenvalue weighted by Crippen LogP contribution is -2.15. The molecule has 1 aromatic carbocycles. The van der Waals surface area contributed by atoms with Crippen molar-refractivity contribution in [3.8, 4) is 5.75 Å². The van der Waals surface area contributed by atoms with Gasteiger partial charge in [0.05, 0.1) is 23.8 Å². The van der Waals surface area contributed by atoms with Gasteiger partial charge in [0, 0.05) is 10.4 Å². The summed E-state index contributed by atoms with van der Waals surface area (Å²) in [6, 6.07) is 5.24. The lowest BCUT2D eigenvalue weighted by molar-refractivity contribution is 0.0601. The highest BCUT2D eigenvalue weighted by Gasteiger charge is 2.27. The van der Waals surface area contributed by atoms with Crippen LogP contribution in [0.5, 0.6) is 5.75 Å². The molecule has 0 saturated carbocycles. The molecular weight excluding hydrogens is 442 g/mol. The van der Waals surface area contributed by atoms with E-state index in [4.69, 9.17) is 9.47 Å². The van der Waals surface area contributed by atoms with Crippen molar-refractivity contribution in [2.75, 3.05) is 19.0 Å². The first-order chi connectivity index (χ1) is 13.4. The lowest BCUT2D eigenvalue weighted by Gasteiger charge is -2.12. The van der Waals surface area contributed by atoms with E-state index >= 15 is 0 Å². The van der Waals surface area contributed by atoms with E-state index in [2.05, 4.69) is 35.1 Å². The number of amides is 1. The number of thiophene rings is 1. The van der Waals surface area contributed by atoms with Gasteiger partial charge in [0.15, 0.2) is 0 Å². The van der Waals surface area contributed by atoms with Crippen LogP contribution in [0.3, 0.4) is 0 Å². The van der Waals surface area contributed by atoms with Gasteiger partial charge in [-0.1, -0.05) is 13.8 Å². The molecule has 3 rings (SSSR count). The fourth-order valence-corrected chi connectivity index (χ4v) is 4.93. The van der Waals surface area contributed by atoms with Gasteiger partial charge in [-0.05, 0) is 71.3 Å². The average Bonchev–Trinajstić information content (AvgIpc) is 3.03. The van der Waals surface area contributed by atoms with E-state index in [1.165, 1.54) is 23.3 Å². The summed E-state index contributed by atoms with van der Waals surface area (Å²) in [6.07, 6.45) is 3.94. The Balaban J connectivity index is 1.82. The van der Waals surface area contributed by atoms with Crippen molar-refractivity contribution < 1.29 is 19.1 Å². The molecule has 1 heterocycles. The molecule has 0 radical (unpaired) electrons. The zero-order valence-electron chi connectivity index (χ0n) is 16.3. The summed E-state index contributed by atoms with van der Waals surface area (Å²) in [5.74, 6) is 0.455. The number of hydrogen-bond donors (Lipinski definition) is 1. The topological polar surface area (TPSA) is 64.6 Å². The Hall–Kier alpha value is -1.86. The standard InChI is InChI=1S/C21H24BrNO4S/c1-12(2)11-27-16-9-8-13(10-15(16)22)19(24)23-20-18(21(25)26-3)14-6-4-5-7-17(14)28-20/h8-10,12H,4-7,11H2,1-3H3,(H,23,24). The van der Waals surface area contributed by atoms with Crippen molar-refractivity contribution in [3.05, 3.63) is 44.2 Å². The molecule has 7 heteroatoms. The Labute approximate surface area is 177 Å². The monoisotopic (exact) mass is 465 g/mol. The third-order valence-electron chi connectivity index (χ3n) is 4.55. The highest BCUT2D eigenvalue weighted by atomic mass is 79.9. The minimum atomic E-state index is -0.395. The number of carbonyl (C=O) groups excluding carboxylic acids is 2. The first-order valence-electron chi connectivity index (χ1n) is 9.37. The number of methoxy groups -OCH3 is 1. The van der Waals surface area contributed by atoms with E-state index in [0.29, 0.717) is 34.4 Å². The van der Waals surface area contributed by atoms with Crippen LogP contribution in [0.15, 0.2) is 22.7 Å². The molecular formula is C21H24BrNO4S. The summed E-state index contributed by atoms with van der Waals surface area (Å²) >= 11 is 4.95. The van der Waals surface area contributed by atoms with Gasteiger partial charge in [-0.2, -0.15) is 0 Å². The van der Waals surface area contributed by atoms with Gasteiger partial charge in [-0.3, -0.25) is 4.79 Å². The van der Waals surface area contributed by atoms with E-state index in [1.807, 2.05) is 0 Å². The summed E-state index contributed by atoms with van der Waals surface area (Å²) in [5, 5.41) is 3.48. The normalized spacial score (nSPS) is 13.2. The predicted octanol–water partition coefficient (Wildman–Crippen LogP) is 5.46. The maximum absolute atomic E-state index is 12.8. The van der Waals surface area contributed by atoms with E-state index in [0.717, 1.165) is 35.7 Å². The number of fused-ring (bicyclic) bond motifs is 1. The van der Waals surface area contributed by atoms with Gasteiger partial charge in [0.25, 0.3) is 5.91 Å². The first kappa shape index (κ1) is 20.9. The summed E-state index contributed by atoms with van der Waals surface area (Å²) in [6.45, 7) is 4.76. The van der Waals surface area contributed by atoms with Crippen LogP contribution >= 0.6 is 27.3 Å². The fourth-order valence-electron chi connectivity index (χ4n) is 3.16. The van der Waals surface area contributed by atoms with Gasteiger partial charge in [0.2, 0.25) is 0 Å². The Morgan fingerprint density at radius 3 is 2.68 bits per heavy atom. The molecule has 1 amide bonds. The van der Waals surface area contributed by atoms with Crippen molar-refractivity contribution in [1.29, 1.82) is 0 Å². The quantitative estimate of drug-likeness (QED) is 0.574. The highest BCUT2D eigenvalue weighted by Crippen LogP contribution is 2.39. The number of benzene rings is 1. The van der Waals surface area contributed by atoms with Crippen LogP contribution in [-0.4, -0.2) is 25.6 Å². The maximum atomic E-state index is 12.8. The Kier molecular flexibility index (Phi) is 6.78. The number of ether oxygens (including phenoxy) is 2. The maximum Gasteiger partial charge on any atom is 0.341 e. The number of halogens is 1. The third kappa shape index (κ3) is 4.58. The van der Waals surface area contributed by atoms with E-state index in [9.17, 15) is 9.59 Å². The van der Waals surface area contributed by atoms with Crippen molar-refractivity contribution in [1.82, 2.24) is 0 Å². The summed E-state index contributed by atoms with van der Waals surface area (Å²) in [7, 11) is 1.37. The molecule has 1 aromatic heterocycles. The second kappa shape index (κ2) is 9.09. The number of aryl methyl sites for hydroxylation is 1. The first-order valence-corrected chi connectivity index (χ1v) is 11.0. The molecule has 0 fully saturated rings. The number of rotatable bonds is 6. The molecule has 2 aromatic rings. The molecule has 1 aliphatic rings. The van der Waals surface area contributed by atoms with Crippen molar-refractivity contribution in [2.24, 2.45) is 5.92 Å². The smallest absolute Gasteiger partial charge is 0.341 e. The molecule has 0 unspecified atom stereocenters. The number of esters is 1. The molecule has 150 valence electrons.